The van der Waals surface area contributed by atoms with E-state index in [1.165, 1.54) is 19.3 Å². The first-order chi connectivity index (χ1) is 9.38. The summed E-state index contributed by atoms with van der Waals surface area (Å²) in [7, 11) is 0. The van der Waals surface area contributed by atoms with E-state index in [0.29, 0.717) is 6.54 Å². The molecule has 0 saturated heterocycles. The summed E-state index contributed by atoms with van der Waals surface area (Å²) in [6, 6.07) is 3.85. The summed E-state index contributed by atoms with van der Waals surface area (Å²) in [5.74, 6) is 2.01. The summed E-state index contributed by atoms with van der Waals surface area (Å²) in [6.07, 6.45) is 6.39. The molecule has 1 aliphatic heterocycles. The molecule has 2 aromatic heterocycles. The molecule has 0 fully saturated rings. The van der Waals surface area contributed by atoms with Crippen LogP contribution in [0.15, 0.2) is 28.0 Å². The molecule has 0 radical (unpaired) electrons. The Morgan fingerprint density at radius 3 is 3.11 bits per heavy atom. The van der Waals surface area contributed by atoms with Crippen molar-refractivity contribution in [3.05, 3.63) is 30.0 Å². The molecular weight excluding hydrogens is 260 g/mol. The van der Waals surface area contributed by atoms with Gasteiger partial charge in [0.25, 0.3) is 0 Å². The van der Waals surface area contributed by atoms with Crippen LogP contribution in [-0.2, 0) is 13.0 Å². The number of aromatic nitrogens is 3. The topological polar surface area (TPSA) is 69.9 Å². The lowest BCUT2D eigenvalue weighted by molar-refractivity contribution is 0.506. The Morgan fingerprint density at radius 1 is 1.37 bits per heavy atom. The highest BCUT2D eigenvalue weighted by atomic mass is 32.2. The van der Waals surface area contributed by atoms with Gasteiger partial charge in [0.1, 0.15) is 11.6 Å². The molecule has 0 aliphatic carbocycles. The largest absolute Gasteiger partial charge is 0.468 e. The lowest BCUT2D eigenvalue weighted by Crippen LogP contribution is -2.10. The van der Waals surface area contributed by atoms with Gasteiger partial charge in [-0.25, -0.2) is 0 Å². The highest BCUT2D eigenvalue weighted by Gasteiger charge is 2.21. The third-order valence-electron chi connectivity index (χ3n) is 3.40. The van der Waals surface area contributed by atoms with Gasteiger partial charge < -0.3 is 14.7 Å². The van der Waals surface area contributed by atoms with Gasteiger partial charge in [-0.05, 0) is 25.0 Å². The maximum absolute atomic E-state index is 5.85. The second-order valence-corrected chi connectivity index (χ2v) is 5.89. The minimum Gasteiger partial charge on any atom is -0.468 e. The number of thioether (sulfide) groups is 1. The molecule has 3 rings (SSSR count). The fourth-order valence-corrected chi connectivity index (χ4v) is 3.38. The lowest BCUT2D eigenvalue weighted by atomic mass is 10.2. The molecule has 0 amide bonds. The van der Waals surface area contributed by atoms with Gasteiger partial charge in [0, 0.05) is 19.5 Å². The fourth-order valence-electron chi connectivity index (χ4n) is 2.37. The number of furan rings is 1. The number of fused-ring (bicyclic) bond motifs is 1. The zero-order valence-electron chi connectivity index (χ0n) is 10.8. The highest BCUT2D eigenvalue weighted by molar-refractivity contribution is 7.99. The predicted octanol–water partition coefficient (Wildman–Crippen LogP) is 2.39. The minimum absolute atomic E-state index is 0.103. The number of aryl methyl sites for hydroxylation is 1. The first-order valence-electron chi connectivity index (χ1n) is 6.70. The number of rotatable bonds is 4. The fraction of sp³-hybridized carbons (Fsp3) is 0.538. The number of hydrogen-bond donors (Lipinski definition) is 1. The van der Waals surface area contributed by atoms with Crippen LogP contribution in [0.4, 0.5) is 0 Å². The Hall–Kier alpha value is -1.27. The minimum atomic E-state index is 0.103. The van der Waals surface area contributed by atoms with E-state index in [0.717, 1.165) is 29.7 Å². The monoisotopic (exact) mass is 278 g/mol. The Bertz CT molecular complexity index is 523. The summed E-state index contributed by atoms with van der Waals surface area (Å²) in [4.78, 5) is 0. The quantitative estimate of drug-likeness (QED) is 0.870. The van der Waals surface area contributed by atoms with Crippen LogP contribution in [0.1, 0.15) is 36.1 Å². The molecule has 1 unspecified atom stereocenters. The van der Waals surface area contributed by atoms with Crippen molar-refractivity contribution in [2.75, 3.05) is 6.54 Å². The molecule has 0 aromatic carbocycles. The van der Waals surface area contributed by atoms with Crippen LogP contribution in [0.2, 0.25) is 0 Å². The molecule has 3 heterocycles. The molecule has 5 nitrogen and oxygen atoms in total. The molecule has 0 spiro atoms. The van der Waals surface area contributed by atoms with E-state index in [2.05, 4.69) is 14.8 Å². The van der Waals surface area contributed by atoms with Gasteiger partial charge >= 0.3 is 0 Å². The van der Waals surface area contributed by atoms with Crippen molar-refractivity contribution in [1.82, 2.24) is 14.8 Å². The molecule has 2 aromatic rings. The number of nitrogens with zero attached hydrogens (tertiary/aromatic N) is 3. The first kappa shape index (κ1) is 12.7. The maximum Gasteiger partial charge on any atom is 0.191 e. The number of nitrogens with two attached hydrogens (primary N) is 1. The summed E-state index contributed by atoms with van der Waals surface area (Å²) in [6.45, 7) is 1.54. The Labute approximate surface area is 116 Å². The molecule has 2 N–H and O–H groups in total. The molecule has 19 heavy (non-hydrogen) atoms. The zero-order valence-corrected chi connectivity index (χ0v) is 11.6. The van der Waals surface area contributed by atoms with E-state index < -0.39 is 0 Å². The van der Waals surface area contributed by atoms with Crippen LogP contribution in [-0.4, -0.2) is 21.3 Å². The van der Waals surface area contributed by atoms with Crippen molar-refractivity contribution in [2.24, 2.45) is 5.73 Å². The SMILES string of the molecule is NCC(Sc1nnc2n1CCCCC2)c1ccco1. The summed E-state index contributed by atoms with van der Waals surface area (Å²) >= 11 is 1.65. The Balaban J connectivity index is 1.81. The maximum atomic E-state index is 5.85. The molecule has 6 heteroatoms. The summed E-state index contributed by atoms with van der Waals surface area (Å²) in [5, 5.41) is 9.69. The third kappa shape index (κ3) is 2.69. The van der Waals surface area contributed by atoms with E-state index in [1.54, 1.807) is 18.0 Å². The standard InChI is InChI=1S/C13H18N4OS/c14-9-11(10-5-4-8-18-10)19-13-16-15-12-6-2-1-3-7-17(12)13/h4-5,8,11H,1-3,6-7,9,14H2. The molecule has 0 bridgehead atoms. The van der Waals surface area contributed by atoms with Gasteiger partial charge in [-0.15, -0.1) is 10.2 Å². The Kier molecular flexibility index (Phi) is 3.89. The van der Waals surface area contributed by atoms with E-state index in [1.807, 2.05) is 12.1 Å². The van der Waals surface area contributed by atoms with Gasteiger partial charge in [-0.1, -0.05) is 18.2 Å². The van der Waals surface area contributed by atoms with Crippen LogP contribution in [0, 0.1) is 0 Å². The van der Waals surface area contributed by atoms with E-state index >= 15 is 0 Å². The van der Waals surface area contributed by atoms with E-state index in [9.17, 15) is 0 Å². The van der Waals surface area contributed by atoms with Gasteiger partial charge in [0.05, 0.1) is 11.5 Å². The van der Waals surface area contributed by atoms with Gasteiger partial charge in [0.2, 0.25) is 0 Å². The van der Waals surface area contributed by atoms with Crippen LogP contribution in [0.25, 0.3) is 0 Å². The van der Waals surface area contributed by atoms with Crippen molar-refractivity contribution in [2.45, 2.75) is 42.6 Å². The third-order valence-corrected chi connectivity index (χ3v) is 4.62. The second-order valence-electron chi connectivity index (χ2n) is 4.72. The van der Waals surface area contributed by atoms with Crippen molar-refractivity contribution in [3.8, 4) is 0 Å². The van der Waals surface area contributed by atoms with Crippen LogP contribution in [0.3, 0.4) is 0 Å². The van der Waals surface area contributed by atoms with Crippen molar-refractivity contribution in [1.29, 1.82) is 0 Å². The van der Waals surface area contributed by atoms with Gasteiger partial charge in [0.15, 0.2) is 5.16 Å². The number of hydrogen-bond acceptors (Lipinski definition) is 5. The molecule has 1 atom stereocenters. The predicted molar refractivity (Wildman–Crippen MR) is 73.9 cm³/mol. The van der Waals surface area contributed by atoms with Crippen LogP contribution < -0.4 is 5.73 Å². The Morgan fingerprint density at radius 2 is 2.32 bits per heavy atom. The normalized spacial score (nSPS) is 16.9. The summed E-state index contributed by atoms with van der Waals surface area (Å²) < 4.78 is 7.69. The second kappa shape index (κ2) is 5.79. The summed E-state index contributed by atoms with van der Waals surface area (Å²) in [5.41, 5.74) is 5.85. The molecule has 0 saturated carbocycles. The molecule has 1 aliphatic rings. The van der Waals surface area contributed by atoms with Crippen molar-refractivity contribution in [3.63, 3.8) is 0 Å². The highest BCUT2D eigenvalue weighted by Crippen LogP contribution is 2.34. The lowest BCUT2D eigenvalue weighted by Gasteiger charge is -2.12. The van der Waals surface area contributed by atoms with Gasteiger partial charge in [-0.2, -0.15) is 0 Å². The molecular formula is C13H18N4OS. The zero-order chi connectivity index (χ0) is 13.1. The van der Waals surface area contributed by atoms with Gasteiger partial charge in [-0.3, -0.25) is 0 Å². The van der Waals surface area contributed by atoms with Crippen molar-refractivity contribution >= 4 is 11.8 Å². The molecule has 102 valence electrons. The van der Waals surface area contributed by atoms with Crippen molar-refractivity contribution < 1.29 is 4.42 Å². The van der Waals surface area contributed by atoms with Crippen LogP contribution >= 0.6 is 11.8 Å². The van der Waals surface area contributed by atoms with Crippen LogP contribution in [0.5, 0.6) is 0 Å². The smallest absolute Gasteiger partial charge is 0.191 e. The average molecular weight is 278 g/mol. The first-order valence-corrected chi connectivity index (χ1v) is 7.58. The van der Waals surface area contributed by atoms with E-state index in [-0.39, 0.29) is 5.25 Å². The average Bonchev–Trinajstić information content (AvgIpc) is 3.02. The van der Waals surface area contributed by atoms with E-state index in [4.69, 9.17) is 10.2 Å².